The molecule has 0 saturated heterocycles. The summed E-state index contributed by atoms with van der Waals surface area (Å²) in [5.74, 6) is -1.48. The minimum Gasteiger partial charge on any atom is -0.480 e. The summed E-state index contributed by atoms with van der Waals surface area (Å²) in [6, 6.07) is 6.60. The molecule has 0 saturated carbocycles. The quantitative estimate of drug-likeness (QED) is 0.692. The number of pyridine rings is 1. The first-order valence-electron chi connectivity index (χ1n) is 8.67. The number of nitrogens with one attached hydrogen (secondary N) is 1. The first-order chi connectivity index (χ1) is 12.9. The van der Waals surface area contributed by atoms with E-state index in [0.717, 1.165) is 16.5 Å². The highest BCUT2D eigenvalue weighted by Gasteiger charge is 2.25. The van der Waals surface area contributed by atoms with Crippen LogP contribution in [0.25, 0.3) is 16.5 Å². The summed E-state index contributed by atoms with van der Waals surface area (Å²) in [5, 5.41) is 21.8. The Bertz CT molecular complexity index is 991. The molecule has 1 amide bonds. The van der Waals surface area contributed by atoms with E-state index in [9.17, 15) is 14.7 Å². The lowest BCUT2D eigenvalue weighted by Gasteiger charge is -2.15. The SMILES string of the molecule is Cc1c(C(=O)N[C@@H](CC(C)C)C(=O)O)nnn1-c1cccc2cnccc12. The summed E-state index contributed by atoms with van der Waals surface area (Å²) in [6.45, 7) is 5.53. The highest BCUT2D eigenvalue weighted by molar-refractivity contribution is 5.96. The lowest BCUT2D eigenvalue weighted by Crippen LogP contribution is -2.42. The van der Waals surface area contributed by atoms with Gasteiger partial charge in [-0.05, 0) is 31.4 Å². The number of amides is 1. The third-order valence-electron chi connectivity index (χ3n) is 4.31. The predicted molar refractivity (Wildman–Crippen MR) is 99.7 cm³/mol. The zero-order valence-corrected chi connectivity index (χ0v) is 15.4. The minimum absolute atomic E-state index is 0.107. The van der Waals surface area contributed by atoms with Crippen LogP contribution in [0.2, 0.25) is 0 Å². The van der Waals surface area contributed by atoms with E-state index in [-0.39, 0.29) is 11.6 Å². The molecular weight excluding hydrogens is 346 g/mol. The van der Waals surface area contributed by atoms with Gasteiger partial charge in [-0.2, -0.15) is 0 Å². The molecule has 3 aromatic rings. The van der Waals surface area contributed by atoms with Crippen molar-refractivity contribution in [2.75, 3.05) is 0 Å². The maximum Gasteiger partial charge on any atom is 0.326 e. The van der Waals surface area contributed by atoms with E-state index in [1.54, 1.807) is 24.0 Å². The van der Waals surface area contributed by atoms with Gasteiger partial charge in [0.15, 0.2) is 5.69 Å². The van der Waals surface area contributed by atoms with Crippen molar-refractivity contribution < 1.29 is 14.7 Å². The van der Waals surface area contributed by atoms with E-state index in [2.05, 4.69) is 20.6 Å². The number of aliphatic carboxylic acids is 1. The third-order valence-corrected chi connectivity index (χ3v) is 4.31. The predicted octanol–water partition coefficient (Wildman–Crippen LogP) is 2.35. The van der Waals surface area contributed by atoms with Gasteiger partial charge in [-0.15, -0.1) is 5.10 Å². The topological polar surface area (TPSA) is 110 Å². The van der Waals surface area contributed by atoms with Crippen LogP contribution in [0.15, 0.2) is 36.7 Å². The van der Waals surface area contributed by atoms with Crippen molar-refractivity contribution >= 4 is 22.6 Å². The van der Waals surface area contributed by atoms with Gasteiger partial charge in [0.2, 0.25) is 0 Å². The minimum atomic E-state index is -1.07. The Kier molecular flexibility index (Phi) is 5.16. The van der Waals surface area contributed by atoms with Crippen molar-refractivity contribution in [3.63, 3.8) is 0 Å². The average molecular weight is 367 g/mol. The molecule has 140 valence electrons. The van der Waals surface area contributed by atoms with Crippen LogP contribution < -0.4 is 5.32 Å². The largest absolute Gasteiger partial charge is 0.480 e. The molecule has 0 bridgehead atoms. The first kappa shape index (κ1) is 18.5. The number of carboxylic acid groups (broad SMARTS) is 1. The third kappa shape index (κ3) is 3.79. The number of rotatable bonds is 6. The molecule has 1 atom stereocenters. The van der Waals surface area contributed by atoms with Gasteiger partial charge in [-0.25, -0.2) is 9.48 Å². The van der Waals surface area contributed by atoms with Crippen LogP contribution in [0.1, 0.15) is 36.5 Å². The zero-order chi connectivity index (χ0) is 19.6. The molecule has 0 aliphatic rings. The summed E-state index contributed by atoms with van der Waals surface area (Å²) in [4.78, 5) is 28.1. The zero-order valence-electron chi connectivity index (χ0n) is 15.4. The van der Waals surface area contributed by atoms with Crippen molar-refractivity contribution in [1.29, 1.82) is 0 Å². The maximum atomic E-state index is 12.6. The van der Waals surface area contributed by atoms with Crippen molar-refractivity contribution in [3.05, 3.63) is 48.0 Å². The Balaban J connectivity index is 1.93. The lowest BCUT2D eigenvalue weighted by atomic mass is 10.0. The molecule has 0 unspecified atom stereocenters. The summed E-state index contributed by atoms with van der Waals surface area (Å²) in [7, 11) is 0. The second-order valence-electron chi connectivity index (χ2n) is 6.80. The van der Waals surface area contributed by atoms with Gasteiger partial charge in [0, 0.05) is 23.2 Å². The van der Waals surface area contributed by atoms with Crippen LogP contribution >= 0.6 is 0 Å². The van der Waals surface area contributed by atoms with Crippen LogP contribution in [-0.4, -0.2) is 43.0 Å². The fourth-order valence-electron chi connectivity index (χ4n) is 2.98. The monoisotopic (exact) mass is 367 g/mol. The van der Waals surface area contributed by atoms with Gasteiger partial charge >= 0.3 is 5.97 Å². The number of hydrogen-bond acceptors (Lipinski definition) is 5. The van der Waals surface area contributed by atoms with Crippen LogP contribution in [0.3, 0.4) is 0 Å². The number of nitrogens with zero attached hydrogens (tertiary/aromatic N) is 4. The fourth-order valence-corrected chi connectivity index (χ4v) is 2.98. The number of carbonyl (C=O) groups is 2. The highest BCUT2D eigenvalue weighted by atomic mass is 16.4. The number of carboxylic acids is 1. The summed E-state index contributed by atoms with van der Waals surface area (Å²) in [6.07, 6.45) is 3.78. The van der Waals surface area contributed by atoms with E-state index in [4.69, 9.17) is 0 Å². The highest BCUT2D eigenvalue weighted by Crippen LogP contribution is 2.22. The standard InChI is InChI=1S/C19H21N5O3/c1-11(2)9-15(19(26)27)21-18(25)17-12(3)24(23-22-17)16-6-4-5-13-10-20-8-7-14(13)16/h4-8,10-11,15H,9H2,1-3H3,(H,21,25)(H,26,27)/t15-/m0/s1. The number of aromatic nitrogens is 4. The number of carbonyl (C=O) groups excluding carboxylic acids is 1. The first-order valence-corrected chi connectivity index (χ1v) is 8.67. The van der Waals surface area contributed by atoms with E-state index >= 15 is 0 Å². The van der Waals surface area contributed by atoms with Crippen LogP contribution in [0.4, 0.5) is 0 Å². The Morgan fingerprint density at radius 3 is 2.74 bits per heavy atom. The lowest BCUT2D eigenvalue weighted by molar-refractivity contribution is -0.139. The van der Waals surface area contributed by atoms with E-state index in [1.807, 2.05) is 38.1 Å². The van der Waals surface area contributed by atoms with Crippen LogP contribution in [0, 0.1) is 12.8 Å². The molecule has 2 aromatic heterocycles. The molecule has 0 spiro atoms. The van der Waals surface area contributed by atoms with Gasteiger partial charge < -0.3 is 10.4 Å². The molecule has 0 aliphatic carbocycles. The molecule has 2 N–H and O–H groups in total. The molecule has 2 heterocycles. The molecule has 0 fully saturated rings. The fraction of sp³-hybridized carbons (Fsp3) is 0.316. The number of hydrogen-bond donors (Lipinski definition) is 2. The Morgan fingerprint density at radius 2 is 2.04 bits per heavy atom. The molecule has 27 heavy (non-hydrogen) atoms. The molecule has 3 rings (SSSR count). The Labute approximate surface area is 156 Å². The smallest absolute Gasteiger partial charge is 0.326 e. The second-order valence-corrected chi connectivity index (χ2v) is 6.80. The Morgan fingerprint density at radius 1 is 1.26 bits per heavy atom. The second kappa shape index (κ2) is 7.53. The van der Waals surface area contributed by atoms with E-state index < -0.39 is 17.9 Å². The molecular formula is C19H21N5O3. The van der Waals surface area contributed by atoms with Crippen molar-refractivity contribution in [2.24, 2.45) is 5.92 Å². The molecule has 0 aliphatic heterocycles. The van der Waals surface area contributed by atoms with Gasteiger partial charge in [-0.3, -0.25) is 9.78 Å². The number of fused-ring (bicyclic) bond motifs is 1. The van der Waals surface area contributed by atoms with Crippen LogP contribution in [0.5, 0.6) is 0 Å². The van der Waals surface area contributed by atoms with Crippen molar-refractivity contribution in [1.82, 2.24) is 25.3 Å². The van der Waals surface area contributed by atoms with Gasteiger partial charge in [0.25, 0.3) is 5.91 Å². The average Bonchev–Trinajstić information content (AvgIpc) is 3.01. The normalized spacial score (nSPS) is 12.3. The van der Waals surface area contributed by atoms with Crippen molar-refractivity contribution in [2.45, 2.75) is 33.2 Å². The number of benzene rings is 1. The summed E-state index contributed by atoms with van der Waals surface area (Å²) >= 11 is 0. The van der Waals surface area contributed by atoms with Gasteiger partial charge in [-0.1, -0.05) is 31.2 Å². The molecule has 8 nitrogen and oxygen atoms in total. The molecule has 1 aromatic carbocycles. The summed E-state index contributed by atoms with van der Waals surface area (Å²) < 4.78 is 1.58. The van der Waals surface area contributed by atoms with Gasteiger partial charge in [0.1, 0.15) is 6.04 Å². The maximum absolute atomic E-state index is 12.6. The van der Waals surface area contributed by atoms with E-state index in [1.165, 1.54) is 0 Å². The van der Waals surface area contributed by atoms with E-state index in [0.29, 0.717) is 12.1 Å². The molecule has 8 heteroatoms. The molecule has 0 radical (unpaired) electrons. The van der Waals surface area contributed by atoms with Crippen LogP contribution in [-0.2, 0) is 4.79 Å². The van der Waals surface area contributed by atoms with Gasteiger partial charge in [0.05, 0.1) is 11.4 Å². The Hall–Kier alpha value is -3.29. The van der Waals surface area contributed by atoms with Crippen molar-refractivity contribution in [3.8, 4) is 5.69 Å². The summed E-state index contributed by atoms with van der Waals surface area (Å²) in [5.41, 5.74) is 1.41.